The molecule has 0 amide bonds. The van der Waals surface area contributed by atoms with Crippen LogP contribution >= 0.6 is 46.1 Å². The highest BCUT2D eigenvalue weighted by Gasteiger charge is 2.26. The quantitative estimate of drug-likeness (QED) is 0.125. The van der Waals surface area contributed by atoms with E-state index in [2.05, 4.69) is 165 Å². The molecule has 0 radical (unpaired) electrons. The van der Waals surface area contributed by atoms with E-state index in [1.165, 1.54) is 67.4 Å². The molecule has 4 saturated carbocycles. The SMILES string of the molecule is CC(C)(C)c1cc(Cl)cc(OCC2CC2)c1.CC(C)(C)c1cccc(OCC2CCCC2)c1.CC(C)(C)c1cccs1.Cc1cc(Cl)c(C(C)(C)C)cc1OCC1CC1.[2H]C([2H])(Oc1cc(C(C)(C)C)ccc1Cl)C1CC1. The molecule has 4 aliphatic carbocycles. The van der Waals surface area contributed by atoms with E-state index in [0.29, 0.717) is 16.2 Å². The van der Waals surface area contributed by atoms with Gasteiger partial charge < -0.3 is 18.9 Å². The Balaban J connectivity index is 0.000000180. The lowest BCUT2D eigenvalue weighted by atomic mass is 9.86. The van der Waals surface area contributed by atoms with E-state index in [-0.39, 0.29) is 27.6 Å². The Hall–Kier alpha value is -3.35. The number of hydrogen-bond donors (Lipinski definition) is 0. The van der Waals surface area contributed by atoms with Gasteiger partial charge in [-0.2, -0.15) is 0 Å². The lowest BCUT2D eigenvalue weighted by molar-refractivity contribution is 0.251. The van der Waals surface area contributed by atoms with Crippen LogP contribution in [0.25, 0.3) is 0 Å². The zero-order valence-electron chi connectivity index (χ0n) is 50.8. The van der Waals surface area contributed by atoms with Crippen LogP contribution < -0.4 is 18.9 Å². The summed E-state index contributed by atoms with van der Waals surface area (Å²) in [6.45, 7) is 35.9. The fourth-order valence-corrected chi connectivity index (χ4v) is 9.70. The second-order valence-electron chi connectivity index (χ2n) is 26.6. The van der Waals surface area contributed by atoms with Crippen molar-refractivity contribution in [2.24, 2.45) is 23.7 Å². The van der Waals surface area contributed by atoms with Gasteiger partial charge in [0.15, 0.2) is 0 Å². The zero-order chi connectivity index (χ0) is 57.1. The molecule has 0 atom stereocenters. The molecular weight excluding hydrogens is 1010 g/mol. The number of thiophene rings is 1. The highest BCUT2D eigenvalue weighted by Crippen LogP contribution is 2.38. The molecule has 5 aromatic rings. The minimum atomic E-state index is -1.61. The second-order valence-corrected chi connectivity index (χ2v) is 28.8. The van der Waals surface area contributed by atoms with Crippen molar-refractivity contribution in [1.82, 2.24) is 0 Å². The van der Waals surface area contributed by atoms with E-state index >= 15 is 0 Å². The van der Waals surface area contributed by atoms with Crippen molar-refractivity contribution in [2.45, 2.75) is 202 Å². The van der Waals surface area contributed by atoms with Crippen LogP contribution in [0, 0.1) is 30.6 Å². The third kappa shape index (κ3) is 22.9. The van der Waals surface area contributed by atoms with Crippen LogP contribution in [-0.4, -0.2) is 26.4 Å². The fourth-order valence-electron chi connectivity index (χ4n) is 8.00. The van der Waals surface area contributed by atoms with Crippen LogP contribution in [0.5, 0.6) is 23.0 Å². The van der Waals surface area contributed by atoms with E-state index in [1.54, 1.807) is 6.07 Å². The second kappa shape index (κ2) is 27.5. The third-order valence-corrected chi connectivity index (χ3v) is 15.9. The lowest BCUT2D eigenvalue weighted by Crippen LogP contribution is -2.13. The molecule has 4 nitrogen and oxygen atoms in total. The smallest absolute Gasteiger partial charge is 0.138 e. The Morgan fingerprint density at radius 1 is 0.467 bits per heavy atom. The monoisotopic (exact) mass is 1100 g/mol. The molecule has 4 aromatic carbocycles. The first kappa shape index (κ1) is 59.3. The summed E-state index contributed by atoms with van der Waals surface area (Å²) in [5, 5.41) is 4.19. The van der Waals surface area contributed by atoms with Crippen molar-refractivity contribution in [3.8, 4) is 23.0 Å². The first-order chi connectivity index (χ1) is 35.7. The van der Waals surface area contributed by atoms with Crippen LogP contribution in [0.4, 0.5) is 0 Å². The summed E-state index contributed by atoms with van der Waals surface area (Å²) in [6, 6.07) is 28.6. The molecule has 0 bridgehead atoms. The van der Waals surface area contributed by atoms with Crippen LogP contribution in [0.3, 0.4) is 0 Å². The van der Waals surface area contributed by atoms with E-state index in [4.69, 9.17) is 56.5 Å². The van der Waals surface area contributed by atoms with Crippen LogP contribution in [0.1, 0.15) is 204 Å². The topological polar surface area (TPSA) is 36.9 Å². The van der Waals surface area contributed by atoms with Gasteiger partial charge in [0.1, 0.15) is 23.0 Å². The highest BCUT2D eigenvalue weighted by atomic mass is 35.5. The third-order valence-electron chi connectivity index (χ3n) is 13.8. The van der Waals surface area contributed by atoms with Gasteiger partial charge >= 0.3 is 0 Å². The van der Waals surface area contributed by atoms with Crippen LogP contribution in [0.15, 0.2) is 90.3 Å². The van der Waals surface area contributed by atoms with Crippen molar-refractivity contribution < 1.29 is 21.7 Å². The standard InChI is InChI=1S/C16H24O.C15H21ClO.2C14H19ClO.C8H12S/c1-16(2,3)14-9-6-10-15(11-14)17-12-13-7-4-5-8-13;1-10-7-13(16)12(15(2,3)4)8-14(10)17-9-11-5-6-11;1-14(2,3)11-6-12(15)8-13(7-11)16-9-10-4-5-10;1-14(2,3)11-6-7-12(15)13(8-11)16-9-10-4-5-10;1-8(2,3)7-5-4-6-9-7/h6,9-11,13H,4-5,7-8,12H2,1-3H3;7-8,11H,5-6,9H2,1-4H3;2*6-8,10H,4-5,9H2,1-3H3;4-6H,1-3H3/i;;;9D2;. The minimum Gasteiger partial charge on any atom is -0.493 e. The average Bonchev–Trinajstić information content (AvgIpc) is 4.28. The molecule has 0 N–H and O–H groups in total. The van der Waals surface area contributed by atoms with Crippen LogP contribution in [-0.2, 0) is 27.1 Å². The molecule has 0 spiro atoms. The minimum absolute atomic E-state index is 0.00497. The first-order valence-electron chi connectivity index (χ1n) is 28.8. The maximum Gasteiger partial charge on any atom is 0.138 e. The molecule has 75 heavy (non-hydrogen) atoms. The van der Waals surface area contributed by atoms with E-state index < -0.39 is 6.56 Å². The van der Waals surface area contributed by atoms with Gasteiger partial charge in [0.2, 0.25) is 0 Å². The van der Waals surface area contributed by atoms with Crippen molar-refractivity contribution in [3.63, 3.8) is 0 Å². The summed E-state index contributed by atoms with van der Waals surface area (Å²) in [7, 11) is 0. The fraction of sp³-hybridized carbons (Fsp3) is 0.582. The summed E-state index contributed by atoms with van der Waals surface area (Å²) >= 11 is 20.3. The first-order valence-corrected chi connectivity index (χ1v) is 29.8. The average molecular weight is 1100 g/mol. The lowest BCUT2D eigenvalue weighted by Gasteiger charge is -2.22. The maximum atomic E-state index is 7.89. The molecule has 0 saturated heterocycles. The number of aryl methyl sites for hydroxylation is 1. The maximum absolute atomic E-state index is 7.89. The summed E-state index contributed by atoms with van der Waals surface area (Å²) in [4.78, 5) is 1.46. The highest BCUT2D eigenvalue weighted by molar-refractivity contribution is 7.10. The van der Waals surface area contributed by atoms with E-state index in [1.807, 2.05) is 41.7 Å². The molecule has 0 unspecified atom stereocenters. The largest absolute Gasteiger partial charge is 0.493 e. The predicted molar refractivity (Wildman–Crippen MR) is 325 cm³/mol. The molecular formula is C67H95Cl3O4S. The normalized spacial score (nSPS) is 16.5. The summed E-state index contributed by atoms with van der Waals surface area (Å²) < 4.78 is 38.9. The predicted octanol–water partition coefficient (Wildman–Crippen LogP) is 21.2. The van der Waals surface area contributed by atoms with E-state index in [0.717, 1.165) is 94.4 Å². The van der Waals surface area contributed by atoms with E-state index in [9.17, 15) is 0 Å². The Kier molecular flexibility index (Phi) is 21.7. The Morgan fingerprint density at radius 3 is 1.51 bits per heavy atom. The molecule has 414 valence electrons. The number of benzene rings is 4. The molecule has 4 aliphatic rings. The van der Waals surface area contributed by atoms with Gasteiger partial charge in [-0.3, -0.25) is 0 Å². The van der Waals surface area contributed by atoms with Gasteiger partial charge in [-0.25, -0.2) is 0 Å². The summed E-state index contributed by atoms with van der Waals surface area (Å²) in [5.74, 6) is 5.72. The zero-order valence-corrected chi connectivity index (χ0v) is 51.9. The number of hydrogen-bond acceptors (Lipinski definition) is 5. The molecule has 4 fully saturated rings. The van der Waals surface area contributed by atoms with Crippen molar-refractivity contribution in [3.05, 3.63) is 138 Å². The Morgan fingerprint density at radius 2 is 1.00 bits per heavy atom. The van der Waals surface area contributed by atoms with Crippen molar-refractivity contribution >= 4 is 46.1 Å². The van der Waals surface area contributed by atoms with Gasteiger partial charge in [0, 0.05) is 14.9 Å². The van der Waals surface area contributed by atoms with Crippen molar-refractivity contribution in [1.29, 1.82) is 0 Å². The molecule has 1 aromatic heterocycles. The van der Waals surface area contributed by atoms with Gasteiger partial charge in [-0.1, -0.05) is 176 Å². The Labute approximate surface area is 478 Å². The van der Waals surface area contributed by atoms with Gasteiger partial charge in [-0.15, -0.1) is 11.3 Å². The van der Waals surface area contributed by atoms with Gasteiger partial charge in [-0.05, 0) is 203 Å². The molecule has 1 heterocycles. The number of ether oxygens (including phenoxy) is 4. The van der Waals surface area contributed by atoms with Gasteiger partial charge in [0.25, 0.3) is 0 Å². The summed E-state index contributed by atoms with van der Waals surface area (Å²) in [6.07, 6.45) is 12.5. The number of halogens is 3. The molecule has 9 rings (SSSR count). The number of rotatable bonds is 12. The summed E-state index contributed by atoms with van der Waals surface area (Å²) in [5.41, 5.74) is 6.67. The van der Waals surface area contributed by atoms with Gasteiger partial charge in [0.05, 0.1) is 34.1 Å². The van der Waals surface area contributed by atoms with Crippen LogP contribution in [0.2, 0.25) is 15.1 Å². The van der Waals surface area contributed by atoms with Crippen molar-refractivity contribution in [2.75, 3.05) is 26.4 Å². The molecule has 8 heteroatoms. The Bertz CT molecular complexity index is 2590. The molecule has 0 aliphatic heterocycles.